The number of rotatable bonds is 3. The third-order valence-corrected chi connectivity index (χ3v) is 4.13. The Morgan fingerprint density at radius 3 is 2.70 bits per heavy atom. The molecule has 1 aliphatic carbocycles. The van der Waals surface area contributed by atoms with Gasteiger partial charge in [0.1, 0.15) is 6.04 Å². The molecule has 1 aromatic carbocycles. The van der Waals surface area contributed by atoms with Crippen LogP contribution in [0.2, 0.25) is 0 Å². The molecule has 1 saturated heterocycles. The predicted molar refractivity (Wildman–Crippen MR) is 73.5 cm³/mol. The van der Waals surface area contributed by atoms with Gasteiger partial charge in [-0.15, -0.1) is 0 Å². The Morgan fingerprint density at radius 1 is 1.25 bits per heavy atom. The van der Waals surface area contributed by atoms with Crippen molar-refractivity contribution < 1.29 is 14.7 Å². The second kappa shape index (κ2) is 5.15. The zero-order valence-corrected chi connectivity index (χ0v) is 11.2. The lowest BCUT2D eigenvalue weighted by Crippen LogP contribution is -2.46. The van der Waals surface area contributed by atoms with Gasteiger partial charge in [-0.3, -0.25) is 0 Å². The molecule has 1 aliphatic heterocycles. The van der Waals surface area contributed by atoms with Crippen molar-refractivity contribution in [3.05, 3.63) is 35.9 Å². The number of benzene rings is 1. The summed E-state index contributed by atoms with van der Waals surface area (Å²) >= 11 is 0. The lowest BCUT2D eigenvalue weighted by molar-refractivity contribution is -0.141. The Balaban J connectivity index is 1.57. The maximum Gasteiger partial charge on any atom is 0.326 e. The number of likely N-dealkylation sites (tertiary alicyclic amines) is 1. The standard InChI is InChI=1S/C15H18N2O3/c18-14(19)13-7-4-8-17(13)15(20)16-12-9-11(12)10-5-2-1-3-6-10/h1-3,5-6,11-13H,4,7-9H2,(H,16,20)(H,18,19)/t11?,12?,13-/m1/s1. The smallest absolute Gasteiger partial charge is 0.326 e. The average molecular weight is 274 g/mol. The number of carboxylic acid groups (broad SMARTS) is 1. The molecule has 2 unspecified atom stereocenters. The lowest BCUT2D eigenvalue weighted by Gasteiger charge is -2.21. The number of nitrogens with zero attached hydrogens (tertiary/aromatic N) is 1. The van der Waals surface area contributed by atoms with Crippen LogP contribution in [0.4, 0.5) is 4.79 Å². The molecule has 106 valence electrons. The van der Waals surface area contributed by atoms with Crippen LogP contribution in [-0.4, -0.2) is 40.6 Å². The Morgan fingerprint density at radius 2 is 2.00 bits per heavy atom. The van der Waals surface area contributed by atoms with E-state index in [0.29, 0.717) is 18.9 Å². The summed E-state index contributed by atoms with van der Waals surface area (Å²) in [5.74, 6) is -0.543. The van der Waals surface area contributed by atoms with Crippen molar-refractivity contribution in [2.45, 2.75) is 37.3 Å². The van der Waals surface area contributed by atoms with Gasteiger partial charge in [0.05, 0.1) is 0 Å². The SMILES string of the molecule is O=C(O)[C@H]1CCCN1C(=O)NC1CC1c1ccccc1. The first-order chi connectivity index (χ1) is 9.66. The summed E-state index contributed by atoms with van der Waals surface area (Å²) < 4.78 is 0. The molecule has 2 fully saturated rings. The fourth-order valence-electron chi connectivity index (χ4n) is 2.93. The first-order valence-electron chi connectivity index (χ1n) is 7.01. The number of carboxylic acids is 1. The zero-order valence-electron chi connectivity index (χ0n) is 11.2. The summed E-state index contributed by atoms with van der Waals surface area (Å²) in [6.45, 7) is 0.533. The topological polar surface area (TPSA) is 69.6 Å². The third kappa shape index (κ3) is 2.48. The molecule has 5 nitrogen and oxygen atoms in total. The highest BCUT2D eigenvalue weighted by Gasteiger charge is 2.42. The van der Waals surface area contributed by atoms with Crippen molar-refractivity contribution in [1.29, 1.82) is 0 Å². The van der Waals surface area contributed by atoms with E-state index in [2.05, 4.69) is 17.4 Å². The lowest BCUT2D eigenvalue weighted by atomic mass is 10.1. The highest BCUT2D eigenvalue weighted by Crippen LogP contribution is 2.40. The van der Waals surface area contributed by atoms with Crippen LogP contribution in [0.15, 0.2) is 30.3 Å². The molecule has 0 radical (unpaired) electrons. The van der Waals surface area contributed by atoms with E-state index in [1.165, 1.54) is 10.5 Å². The van der Waals surface area contributed by atoms with E-state index in [-0.39, 0.29) is 12.1 Å². The second-order valence-corrected chi connectivity index (χ2v) is 5.50. The Labute approximate surface area is 117 Å². The molecule has 3 atom stereocenters. The summed E-state index contributed by atoms with van der Waals surface area (Å²) in [5.41, 5.74) is 1.23. The van der Waals surface area contributed by atoms with Gasteiger partial charge in [-0.25, -0.2) is 9.59 Å². The van der Waals surface area contributed by atoms with Gasteiger partial charge < -0.3 is 15.3 Å². The summed E-state index contributed by atoms with van der Waals surface area (Å²) in [6.07, 6.45) is 2.24. The van der Waals surface area contributed by atoms with Crippen molar-refractivity contribution in [1.82, 2.24) is 10.2 Å². The normalized spacial score (nSPS) is 28.2. The van der Waals surface area contributed by atoms with Crippen LogP contribution in [0.1, 0.15) is 30.7 Å². The van der Waals surface area contributed by atoms with Gasteiger partial charge in [-0.2, -0.15) is 0 Å². The molecule has 2 aliphatic rings. The molecule has 5 heteroatoms. The van der Waals surface area contributed by atoms with E-state index in [1.807, 2.05) is 18.2 Å². The van der Waals surface area contributed by atoms with Crippen molar-refractivity contribution >= 4 is 12.0 Å². The monoisotopic (exact) mass is 274 g/mol. The number of carbonyl (C=O) groups excluding carboxylic acids is 1. The number of aliphatic carboxylic acids is 1. The molecule has 2 amide bonds. The molecular weight excluding hydrogens is 256 g/mol. The van der Waals surface area contributed by atoms with Crippen LogP contribution in [0.5, 0.6) is 0 Å². The van der Waals surface area contributed by atoms with Crippen LogP contribution < -0.4 is 5.32 Å². The summed E-state index contributed by atoms with van der Waals surface area (Å²) in [6, 6.07) is 9.32. The van der Waals surface area contributed by atoms with Gasteiger partial charge in [0.15, 0.2) is 0 Å². The van der Waals surface area contributed by atoms with Crippen LogP contribution in [0, 0.1) is 0 Å². The molecule has 0 spiro atoms. The fraction of sp³-hybridized carbons (Fsp3) is 0.467. The number of urea groups is 1. The molecule has 3 rings (SSSR count). The van der Waals surface area contributed by atoms with E-state index < -0.39 is 12.0 Å². The first-order valence-corrected chi connectivity index (χ1v) is 7.01. The van der Waals surface area contributed by atoms with Gasteiger partial charge in [0, 0.05) is 18.5 Å². The Kier molecular flexibility index (Phi) is 3.34. The average Bonchev–Trinajstić information content (AvgIpc) is 3.02. The van der Waals surface area contributed by atoms with Crippen LogP contribution in [-0.2, 0) is 4.79 Å². The largest absolute Gasteiger partial charge is 0.480 e. The minimum Gasteiger partial charge on any atom is -0.480 e. The number of carbonyl (C=O) groups is 2. The Hall–Kier alpha value is -2.04. The van der Waals surface area contributed by atoms with Crippen molar-refractivity contribution in [2.75, 3.05) is 6.54 Å². The molecule has 20 heavy (non-hydrogen) atoms. The van der Waals surface area contributed by atoms with Crippen molar-refractivity contribution in [3.8, 4) is 0 Å². The van der Waals surface area contributed by atoms with E-state index in [4.69, 9.17) is 5.11 Å². The van der Waals surface area contributed by atoms with Gasteiger partial charge in [0.25, 0.3) is 0 Å². The number of hydrogen-bond donors (Lipinski definition) is 2. The van der Waals surface area contributed by atoms with Crippen molar-refractivity contribution in [3.63, 3.8) is 0 Å². The molecule has 1 aromatic rings. The maximum atomic E-state index is 12.1. The molecule has 1 heterocycles. The molecule has 0 bridgehead atoms. The summed E-state index contributed by atoms with van der Waals surface area (Å²) in [7, 11) is 0. The van der Waals surface area contributed by atoms with E-state index in [9.17, 15) is 9.59 Å². The molecule has 1 saturated carbocycles. The predicted octanol–water partition coefficient (Wildman–Crippen LogP) is 1.80. The van der Waals surface area contributed by atoms with E-state index >= 15 is 0 Å². The quantitative estimate of drug-likeness (QED) is 0.883. The minimum atomic E-state index is -0.909. The number of nitrogens with one attached hydrogen (secondary N) is 1. The molecule has 2 N–H and O–H groups in total. The number of amides is 2. The van der Waals surface area contributed by atoms with Crippen molar-refractivity contribution in [2.24, 2.45) is 0 Å². The number of hydrogen-bond acceptors (Lipinski definition) is 2. The fourth-order valence-corrected chi connectivity index (χ4v) is 2.93. The van der Waals surface area contributed by atoms with E-state index in [0.717, 1.165) is 12.8 Å². The summed E-state index contributed by atoms with van der Waals surface area (Å²) in [4.78, 5) is 24.7. The highest BCUT2D eigenvalue weighted by atomic mass is 16.4. The second-order valence-electron chi connectivity index (χ2n) is 5.50. The van der Waals surface area contributed by atoms with Gasteiger partial charge >= 0.3 is 12.0 Å². The van der Waals surface area contributed by atoms with Crippen LogP contribution >= 0.6 is 0 Å². The maximum absolute atomic E-state index is 12.1. The van der Waals surface area contributed by atoms with Crippen LogP contribution in [0.3, 0.4) is 0 Å². The van der Waals surface area contributed by atoms with Crippen LogP contribution in [0.25, 0.3) is 0 Å². The molecule has 0 aromatic heterocycles. The van der Waals surface area contributed by atoms with Gasteiger partial charge in [0.2, 0.25) is 0 Å². The zero-order chi connectivity index (χ0) is 14.1. The van der Waals surface area contributed by atoms with Gasteiger partial charge in [-0.05, 0) is 24.8 Å². The first kappa shape index (κ1) is 13.0. The summed E-state index contributed by atoms with van der Waals surface area (Å²) in [5, 5.41) is 12.0. The third-order valence-electron chi connectivity index (χ3n) is 4.13. The van der Waals surface area contributed by atoms with E-state index in [1.54, 1.807) is 0 Å². The minimum absolute atomic E-state index is 0.139. The highest BCUT2D eigenvalue weighted by molar-refractivity contribution is 5.83. The molecular formula is C15H18N2O3. The Bertz CT molecular complexity index is 517. The van der Waals surface area contributed by atoms with Gasteiger partial charge in [-0.1, -0.05) is 30.3 Å².